The van der Waals surface area contributed by atoms with Crippen molar-refractivity contribution in [2.75, 3.05) is 46.6 Å². The van der Waals surface area contributed by atoms with Gasteiger partial charge in [-0.1, -0.05) is 12.1 Å². The predicted molar refractivity (Wildman–Crippen MR) is 96.9 cm³/mol. The third kappa shape index (κ3) is 6.09. The molecule has 1 aromatic rings. The number of methoxy groups -OCH3 is 1. The lowest BCUT2D eigenvalue weighted by atomic mass is 10.0. The van der Waals surface area contributed by atoms with Crippen molar-refractivity contribution in [3.8, 4) is 0 Å². The zero-order chi connectivity index (χ0) is 19.0. The van der Waals surface area contributed by atoms with E-state index in [1.165, 1.54) is 0 Å². The normalized spacial score (nSPS) is 15.5. The Hall–Kier alpha value is -1.96. The van der Waals surface area contributed by atoms with E-state index in [-0.39, 0.29) is 18.1 Å². The van der Waals surface area contributed by atoms with Crippen LogP contribution in [0, 0.1) is 0 Å². The van der Waals surface area contributed by atoms with Crippen molar-refractivity contribution in [2.45, 2.75) is 26.0 Å². The average molecular weight is 364 g/mol. The Morgan fingerprint density at radius 3 is 2.46 bits per heavy atom. The number of carbonyl (C=O) groups excluding carboxylic acids is 2. The molecule has 1 aliphatic rings. The second-order valence-corrected chi connectivity index (χ2v) is 6.89. The number of morpholine rings is 1. The standard InChI is InChI=1S/C19H28N2O5/c1-19(2,21-8-10-25-11-9-21)14-20-17(22)13-26-18(23)16-6-4-15(5-7-16)12-24-3/h4-7H,8-14H2,1-3H3,(H,20,22). The van der Waals surface area contributed by atoms with Gasteiger partial charge in [-0.05, 0) is 31.5 Å². The first-order valence-corrected chi connectivity index (χ1v) is 8.77. The summed E-state index contributed by atoms with van der Waals surface area (Å²) in [6, 6.07) is 6.92. The van der Waals surface area contributed by atoms with Gasteiger partial charge in [0, 0.05) is 32.3 Å². The molecule has 1 heterocycles. The van der Waals surface area contributed by atoms with Gasteiger partial charge in [0.05, 0.1) is 25.4 Å². The summed E-state index contributed by atoms with van der Waals surface area (Å²) in [4.78, 5) is 26.3. The molecule has 1 amide bonds. The van der Waals surface area contributed by atoms with Crippen LogP contribution in [-0.2, 0) is 25.6 Å². The van der Waals surface area contributed by atoms with Gasteiger partial charge in [0.25, 0.3) is 5.91 Å². The van der Waals surface area contributed by atoms with Crippen molar-refractivity contribution >= 4 is 11.9 Å². The summed E-state index contributed by atoms with van der Waals surface area (Å²) in [5, 5.41) is 2.84. The molecule has 144 valence electrons. The number of hydrogen-bond acceptors (Lipinski definition) is 6. The monoisotopic (exact) mass is 364 g/mol. The Morgan fingerprint density at radius 2 is 1.85 bits per heavy atom. The maximum atomic E-state index is 12.0. The molecule has 1 aromatic carbocycles. The van der Waals surface area contributed by atoms with Crippen LogP contribution in [0.1, 0.15) is 29.8 Å². The average Bonchev–Trinajstić information content (AvgIpc) is 2.66. The van der Waals surface area contributed by atoms with Crippen LogP contribution < -0.4 is 5.32 Å². The fourth-order valence-electron chi connectivity index (χ4n) is 2.76. The molecular formula is C19H28N2O5. The summed E-state index contributed by atoms with van der Waals surface area (Å²) in [6.07, 6.45) is 0. The first-order valence-electron chi connectivity index (χ1n) is 8.77. The highest BCUT2D eigenvalue weighted by Gasteiger charge is 2.28. The van der Waals surface area contributed by atoms with Crippen LogP contribution in [0.4, 0.5) is 0 Å². The van der Waals surface area contributed by atoms with Gasteiger partial charge in [-0.2, -0.15) is 0 Å². The van der Waals surface area contributed by atoms with Crippen molar-refractivity contribution in [1.82, 2.24) is 10.2 Å². The molecule has 0 aliphatic carbocycles. The molecule has 0 unspecified atom stereocenters. The fourth-order valence-corrected chi connectivity index (χ4v) is 2.76. The Kier molecular flexibility index (Phi) is 7.56. The Morgan fingerprint density at radius 1 is 1.19 bits per heavy atom. The van der Waals surface area contributed by atoms with E-state index in [1.54, 1.807) is 31.4 Å². The number of hydrogen-bond donors (Lipinski definition) is 1. The zero-order valence-corrected chi connectivity index (χ0v) is 15.7. The smallest absolute Gasteiger partial charge is 0.338 e. The van der Waals surface area contributed by atoms with Crippen molar-refractivity contribution < 1.29 is 23.8 Å². The van der Waals surface area contributed by atoms with Crippen LogP contribution in [0.5, 0.6) is 0 Å². The number of benzene rings is 1. The van der Waals surface area contributed by atoms with E-state index in [4.69, 9.17) is 14.2 Å². The molecule has 0 aromatic heterocycles. The number of carbonyl (C=O) groups is 2. The number of nitrogens with one attached hydrogen (secondary N) is 1. The lowest BCUT2D eigenvalue weighted by molar-refractivity contribution is -0.125. The van der Waals surface area contributed by atoms with E-state index >= 15 is 0 Å². The van der Waals surface area contributed by atoms with Gasteiger partial charge in [0.1, 0.15) is 0 Å². The van der Waals surface area contributed by atoms with E-state index in [0.29, 0.717) is 31.9 Å². The fraction of sp³-hybridized carbons (Fsp3) is 0.579. The van der Waals surface area contributed by atoms with E-state index in [9.17, 15) is 9.59 Å². The van der Waals surface area contributed by atoms with Crippen LogP contribution in [0.2, 0.25) is 0 Å². The van der Waals surface area contributed by atoms with E-state index < -0.39 is 5.97 Å². The number of nitrogens with zero attached hydrogens (tertiary/aromatic N) is 1. The SMILES string of the molecule is COCc1ccc(C(=O)OCC(=O)NCC(C)(C)N2CCOCC2)cc1. The highest BCUT2D eigenvalue weighted by atomic mass is 16.5. The van der Waals surface area contributed by atoms with Crippen LogP contribution in [0.3, 0.4) is 0 Å². The quantitative estimate of drug-likeness (QED) is 0.699. The Balaban J connectivity index is 1.74. The molecule has 1 fully saturated rings. The molecule has 7 heteroatoms. The second-order valence-electron chi connectivity index (χ2n) is 6.89. The second kappa shape index (κ2) is 9.66. The summed E-state index contributed by atoms with van der Waals surface area (Å²) in [7, 11) is 1.61. The molecule has 0 spiro atoms. The summed E-state index contributed by atoms with van der Waals surface area (Å²) in [6.45, 7) is 7.92. The van der Waals surface area contributed by atoms with Crippen LogP contribution in [-0.4, -0.2) is 68.9 Å². The minimum atomic E-state index is -0.517. The molecule has 0 radical (unpaired) electrons. The van der Waals surface area contributed by atoms with Crippen molar-refractivity contribution in [3.63, 3.8) is 0 Å². The molecule has 1 N–H and O–H groups in total. The van der Waals surface area contributed by atoms with Gasteiger partial charge >= 0.3 is 5.97 Å². The summed E-state index contributed by atoms with van der Waals surface area (Å²) in [5.74, 6) is -0.827. The molecule has 0 atom stereocenters. The van der Waals surface area contributed by atoms with Gasteiger partial charge in [-0.25, -0.2) is 4.79 Å². The first kappa shape index (κ1) is 20.4. The van der Waals surface area contributed by atoms with Gasteiger partial charge in [-0.3, -0.25) is 9.69 Å². The van der Waals surface area contributed by atoms with Gasteiger partial charge in [-0.15, -0.1) is 0 Å². The van der Waals surface area contributed by atoms with E-state index in [2.05, 4.69) is 24.1 Å². The summed E-state index contributed by atoms with van der Waals surface area (Å²) in [5.41, 5.74) is 1.19. The van der Waals surface area contributed by atoms with Gasteiger partial charge in [0.2, 0.25) is 0 Å². The van der Waals surface area contributed by atoms with E-state index in [0.717, 1.165) is 18.7 Å². The molecule has 7 nitrogen and oxygen atoms in total. The van der Waals surface area contributed by atoms with Gasteiger partial charge < -0.3 is 19.5 Å². The molecule has 1 saturated heterocycles. The number of esters is 1. The van der Waals surface area contributed by atoms with Crippen molar-refractivity contribution in [2.24, 2.45) is 0 Å². The molecule has 0 saturated carbocycles. The van der Waals surface area contributed by atoms with Crippen LogP contribution >= 0.6 is 0 Å². The van der Waals surface area contributed by atoms with Crippen molar-refractivity contribution in [3.05, 3.63) is 35.4 Å². The molecule has 1 aliphatic heterocycles. The first-order chi connectivity index (χ1) is 12.4. The maximum absolute atomic E-state index is 12.0. The third-order valence-corrected chi connectivity index (χ3v) is 4.42. The molecule has 26 heavy (non-hydrogen) atoms. The number of rotatable bonds is 8. The number of amides is 1. The van der Waals surface area contributed by atoms with E-state index in [1.807, 2.05) is 0 Å². The zero-order valence-electron chi connectivity index (χ0n) is 15.7. The Bertz CT molecular complexity index is 594. The molecule has 2 rings (SSSR count). The Labute approximate surface area is 154 Å². The minimum Gasteiger partial charge on any atom is -0.452 e. The lowest BCUT2D eigenvalue weighted by Gasteiger charge is -2.40. The van der Waals surface area contributed by atoms with Crippen LogP contribution in [0.15, 0.2) is 24.3 Å². The molecular weight excluding hydrogens is 336 g/mol. The van der Waals surface area contributed by atoms with Gasteiger partial charge in [0.15, 0.2) is 6.61 Å². The minimum absolute atomic E-state index is 0.180. The topological polar surface area (TPSA) is 77.1 Å². The highest BCUT2D eigenvalue weighted by molar-refractivity contribution is 5.91. The largest absolute Gasteiger partial charge is 0.452 e. The van der Waals surface area contributed by atoms with Crippen molar-refractivity contribution in [1.29, 1.82) is 0 Å². The summed E-state index contributed by atoms with van der Waals surface area (Å²) >= 11 is 0. The summed E-state index contributed by atoms with van der Waals surface area (Å²) < 4.78 is 15.5. The molecule has 0 bridgehead atoms. The third-order valence-electron chi connectivity index (χ3n) is 4.42. The lowest BCUT2D eigenvalue weighted by Crippen LogP contribution is -2.55. The highest BCUT2D eigenvalue weighted by Crippen LogP contribution is 2.15. The number of ether oxygens (including phenoxy) is 3. The van der Waals surface area contributed by atoms with Crippen LogP contribution in [0.25, 0.3) is 0 Å². The predicted octanol–water partition coefficient (Wildman–Crippen LogP) is 1.22. The maximum Gasteiger partial charge on any atom is 0.338 e.